The van der Waals surface area contributed by atoms with Crippen LogP contribution in [0.3, 0.4) is 0 Å². The first-order valence-electron chi connectivity index (χ1n) is 8.95. The third-order valence-corrected chi connectivity index (χ3v) is 4.68. The number of pyridine rings is 1. The number of piperazine rings is 1. The van der Waals surface area contributed by atoms with Gasteiger partial charge >= 0.3 is 0 Å². The molecule has 2 amide bonds. The molecule has 3 rings (SSSR count). The highest BCUT2D eigenvalue weighted by atomic mass is 16.2. The van der Waals surface area contributed by atoms with Gasteiger partial charge in [0.15, 0.2) is 0 Å². The fourth-order valence-electron chi connectivity index (χ4n) is 3.08. The number of carbonyl (C=O) groups is 2. The Hall–Kier alpha value is -2.89. The maximum absolute atomic E-state index is 12.6. The summed E-state index contributed by atoms with van der Waals surface area (Å²) >= 11 is 0. The molecule has 1 aromatic heterocycles. The van der Waals surface area contributed by atoms with Crippen molar-refractivity contribution in [1.82, 2.24) is 14.8 Å². The summed E-state index contributed by atoms with van der Waals surface area (Å²) in [6, 6.07) is 14.0. The van der Waals surface area contributed by atoms with Crippen molar-refractivity contribution < 1.29 is 9.59 Å². The first kappa shape index (κ1) is 17.9. The lowest BCUT2D eigenvalue weighted by molar-refractivity contribution is -0.119. The molecule has 6 heteroatoms. The molecule has 6 nitrogen and oxygen atoms in total. The van der Waals surface area contributed by atoms with E-state index in [2.05, 4.69) is 28.9 Å². The molecule has 0 bridgehead atoms. The fraction of sp³-hybridized carbons (Fsp3) is 0.350. The van der Waals surface area contributed by atoms with E-state index in [4.69, 9.17) is 0 Å². The van der Waals surface area contributed by atoms with Gasteiger partial charge in [-0.05, 0) is 24.6 Å². The van der Waals surface area contributed by atoms with Gasteiger partial charge in [0, 0.05) is 39.3 Å². The molecular weight excluding hydrogens is 328 g/mol. The minimum atomic E-state index is -0.0757. The topological polar surface area (TPSA) is 56.8 Å². The van der Waals surface area contributed by atoms with E-state index in [0.717, 1.165) is 25.2 Å². The van der Waals surface area contributed by atoms with Crippen molar-refractivity contribution in [3.05, 3.63) is 59.9 Å². The standard InChI is InChI=1S/C20H24N4O2/c1-2-23(15-17-6-4-3-5-7-17)18-8-9-19(21-14-18)20(26)24-12-10-22(16-25)11-13-24/h3-9,14,16H,2,10-13,15H2,1H3. The van der Waals surface area contributed by atoms with Gasteiger partial charge in [0.1, 0.15) is 5.69 Å². The molecule has 0 spiro atoms. The highest BCUT2D eigenvalue weighted by molar-refractivity contribution is 5.92. The van der Waals surface area contributed by atoms with Gasteiger partial charge in [0.2, 0.25) is 6.41 Å². The van der Waals surface area contributed by atoms with Crippen LogP contribution in [0.15, 0.2) is 48.7 Å². The number of rotatable bonds is 6. The fourth-order valence-corrected chi connectivity index (χ4v) is 3.08. The maximum Gasteiger partial charge on any atom is 0.272 e. The maximum atomic E-state index is 12.6. The number of amides is 2. The third kappa shape index (κ3) is 4.20. The molecule has 0 aliphatic carbocycles. The molecule has 1 fully saturated rings. The van der Waals surface area contributed by atoms with E-state index in [1.165, 1.54) is 5.56 Å². The number of nitrogens with zero attached hydrogens (tertiary/aromatic N) is 4. The van der Waals surface area contributed by atoms with Gasteiger partial charge in [-0.15, -0.1) is 0 Å². The molecule has 1 aliphatic rings. The van der Waals surface area contributed by atoms with Crippen molar-refractivity contribution in [2.24, 2.45) is 0 Å². The average Bonchev–Trinajstić information content (AvgIpc) is 2.72. The Morgan fingerprint density at radius 3 is 2.42 bits per heavy atom. The minimum Gasteiger partial charge on any atom is -0.366 e. The lowest BCUT2D eigenvalue weighted by atomic mass is 10.2. The predicted molar refractivity (Wildman–Crippen MR) is 101 cm³/mol. The Morgan fingerprint density at radius 2 is 1.85 bits per heavy atom. The predicted octanol–water partition coefficient (Wildman–Crippen LogP) is 2.02. The van der Waals surface area contributed by atoms with Crippen LogP contribution in [0.2, 0.25) is 0 Å². The second kappa shape index (κ2) is 8.47. The molecule has 136 valence electrons. The van der Waals surface area contributed by atoms with Crippen LogP contribution in [0.25, 0.3) is 0 Å². The molecule has 0 atom stereocenters. The van der Waals surface area contributed by atoms with Crippen molar-refractivity contribution in [2.45, 2.75) is 13.5 Å². The van der Waals surface area contributed by atoms with Crippen LogP contribution in [0, 0.1) is 0 Å². The van der Waals surface area contributed by atoms with Crippen LogP contribution in [0.4, 0.5) is 5.69 Å². The van der Waals surface area contributed by atoms with Crippen molar-refractivity contribution in [1.29, 1.82) is 0 Å². The van der Waals surface area contributed by atoms with Crippen LogP contribution in [0.5, 0.6) is 0 Å². The van der Waals surface area contributed by atoms with E-state index >= 15 is 0 Å². The third-order valence-electron chi connectivity index (χ3n) is 4.68. The monoisotopic (exact) mass is 352 g/mol. The zero-order chi connectivity index (χ0) is 18.4. The van der Waals surface area contributed by atoms with Gasteiger partial charge in [0.05, 0.1) is 11.9 Å². The molecule has 26 heavy (non-hydrogen) atoms. The number of hydrogen-bond acceptors (Lipinski definition) is 4. The first-order valence-corrected chi connectivity index (χ1v) is 8.95. The van der Waals surface area contributed by atoms with Gasteiger partial charge in [-0.3, -0.25) is 9.59 Å². The van der Waals surface area contributed by atoms with Crippen LogP contribution >= 0.6 is 0 Å². The zero-order valence-corrected chi connectivity index (χ0v) is 15.0. The summed E-state index contributed by atoms with van der Waals surface area (Å²) in [6.45, 7) is 6.03. The van der Waals surface area contributed by atoms with Crippen molar-refractivity contribution in [3.8, 4) is 0 Å². The lowest BCUT2D eigenvalue weighted by Gasteiger charge is -2.32. The van der Waals surface area contributed by atoms with Crippen molar-refractivity contribution >= 4 is 18.0 Å². The SMILES string of the molecule is CCN(Cc1ccccc1)c1ccc(C(=O)N2CCN(C=O)CC2)nc1. The number of hydrogen-bond donors (Lipinski definition) is 0. The summed E-state index contributed by atoms with van der Waals surface area (Å²) in [5.41, 5.74) is 2.69. The second-order valence-corrected chi connectivity index (χ2v) is 6.33. The second-order valence-electron chi connectivity index (χ2n) is 6.33. The van der Waals surface area contributed by atoms with Gasteiger partial charge in [-0.25, -0.2) is 4.98 Å². The summed E-state index contributed by atoms with van der Waals surface area (Å²) in [7, 11) is 0. The Bertz CT molecular complexity index is 725. The van der Waals surface area contributed by atoms with Crippen molar-refractivity contribution in [2.75, 3.05) is 37.6 Å². The van der Waals surface area contributed by atoms with Crippen LogP contribution in [-0.4, -0.2) is 59.8 Å². The minimum absolute atomic E-state index is 0.0757. The Balaban J connectivity index is 1.65. The van der Waals surface area contributed by atoms with Gasteiger partial charge < -0.3 is 14.7 Å². The highest BCUT2D eigenvalue weighted by Crippen LogP contribution is 2.17. The summed E-state index contributed by atoms with van der Waals surface area (Å²) in [5, 5.41) is 0. The van der Waals surface area contributed by atoms with E-state index in [1.54, 1.807) is 22.1 Å². The number of carbonyl (C=O) groups excluding carboxylic acids is 2. The quantitative estimate of drug-likeness (QED) is 0.747. The summed E-state index contributed by atoms with van der Waals surface area (Å²) in [4.78, 5) is 33.4. The van der Waals surface area contributed by atoms with Crippen LogP contribution < -0.4 is 4.90 Å². The first-order chi connectivity index (χ1) is 12.7. The molecule has 1 aliphatic heterocycles. The van der Waals surface area contributed by atoms with E-state index in [0.29, 0.717) is 31.9 Å². The molecule has 0 saturated carbocycles. The van der Waals surface area contributed by atoms with E-state index in [9.17, 15) is 9.59 Å². The van der Waals surface area contributed by atoms with Crippen molar-refractivity contribution in [3.63, 3.8) is 0 Å². The molecule has 0 unspecified atom stereocenters. The average molecular weight is 352 g/mol. The Kier molecular flexibility index (Phi) is 5.84. The molecule has 2 heterocycles. The molecule has 0 N–H and O–H groups in total. The zero-order valence-electron chi connectivity index (χ0n) is 15.0. The summed E-state index contributed by atoms with van der Waals surface area (Å²) < 4.78 is 0. The number of aromatic nitrogens is 1. The van der Waals surface area contributed by atoms with Gasteiger partial charge in [-0.2, -0.15) is 0 Å². The number of benzene rings is 1. The highest BCUT2D eigenvalue weighted by Gasteiger charge is 2.22. The number of anilines is 1. The Morgan fingerprint density at radius 1 is 1.12 bits per heavy atom. The summed E-state index contributed by atoms with van der Waals surface area (Å²) in [5.74, 6) is -0.0757. The molecule has 0 radical (unpaired) electrons. The Labute approximate surface area is 154 Å². The van der Waals surface area contributed by atoms with Crippen LogP contribution in [-0.2, 0) is 11.3 Å². The van der Waals surface area contributed by atoms with E-state index < -0.39 is 0 Å². The van der Waals surface area contributed by atoms with Gasteiger partial charge in [0.25, 0.3) is 5.91 Å². The largest absolute Gasteiger partial charge is 0.366 e. The lowest BCUT2D eigenvalue weighted by Crippen LogP contribution is -2.48. The van der Waals surface area contributed by atoms with Crippen LogP contribution in [0.1, 0.15) is 23.0 Å². The van der Waals surface area contributed by atoms with E-state index in [1.807, 2.05) is 24.3 Å². The molecular formula is C20H24N4O2. The van der Waals surface area contributed by atoms with Gasteiger partial charge in [-0.1, -0.05) is 30.3 Å². The smallest absolute Gasteiger partial charge is 0.272 e. The normalized spacial score (nSPS) is 14.2. The molecule has 1 saturated heterocycles. The van der Waals surface area contributed by atoms with E-state index in [-0.39, 0.29) is 5.91 Å². The summed E-state index contributed by atoms with van der Waals surface area (Å²) in [6.07, 6.45) is 2.60. The molecule has 1 aromatic carbocycles. The molecule has 2 aromatic rings.